The molecule has 1 rings (SSSR count). The summed E-state index contributed by atoms with van der Waals surface area (Å²) >= 11 is 0. The molecule has 0 heterocycles. The van der Waals surface area contributed by atoms with Crippen LogP contribution in [0, 0.1) is 5.41 Å². The van der Waals surface area contributed by atoms with Crippen molar-refractivity contribution >= 4 is 11.7 Å². The molecule has 0 amide bonds. The summed E-state index contributed by atoms with van der Waals surface area (Å²) in [6.45, 7) is 0. The first-order valence-electron chi connectivity index (χ1n) is 5.43. The van der Waals surface area contributed by atoms with E-state index in [2.05, 4.69) is 0 Å². The monoisotopic (exact) mass is 248 g/mol. The second-order valence-electron chi connectivity index (χ2n) is 3.79. The topological polar surface area (TPSA) is 96.4 Å². The van der Waals surface area contributed by atoms with Crippen LogP contribution in [-0.2, 0) is 11.2 Å². The molecule has 0 radical (unpaired) electrons. The molecule has 5 nitrogen and oxygen atoms in total. The van der Waals surface area contributed by atoms with Gasteiger partial charge < -0.3 is 15.6 Å². The number of nitrogens with two attached hydrogens (primary N) is 1. The van der Waals surface area contributed by atoms with Crippen molar-refractivity contribution in [1.29, 1.82) is 5.41 Å². The molecule has 0 aliphatic carbocycles. The predicted octanol–water partition coefficient (Wildman–Crippen LogP) is 1.57. The summed E-state index contributed by atoms with van der Waals surface area (Å²) in [4.78, 5) is 10.4. The van der Waals surface area contributed by atoms with Gasteiger partial charge in [-0.1, -0.05) is 12.1 Å². The summed E-state index contributed by atoms with van der Waals surface area (Å²) in [5.41, 5.74) is 6.62. The number of aliphatic carboxylic acids is 1. The highest BCUT2D eigenvalue weighted by Gasteiger charge is 2.04. The highest BCUT2D eigenvalue weighted by molar-refractivity contribution is 6.39. The Hall–Kier alpha value is -2.30. The fraction of sp³-hybridized carbons (Fsp3) is 0.231. The largest absolute Gasteiger partial charge is 0.497 e. The molecule has 96 valence electrons. The lowest BCUT2D eigenvalue weighted by Gasteiger charge is -2.04. The summed E-state index contributed by atoms with van der Waals surface area (Å²) in [6.07, 6.45) is 2.38. The smallest absolute Gasteiger partial charge is 0.353 e. The van der Waals surface area contributed by atoms with Crippen LogP contribution < -0.4 is 10.5 Å². The number of carboxylic acid groups (broad SMARTS) is 1. The van der Waals surface area contributed by atoms with Gasteiger partial charge in [0.1, 0.15) is 11.5 Å². The van der Waals surface area contributed by atoms with Gasteiger partial charge in [0.25, 0.3) is 0 Å². The van der Waals surface area contributed by atoms with Crippen LogP contribution in [-0.4, -0.2) is 23.9 Å². The van der Waals surface area contributed by atoms with Crippen LogP contribution in [0.2, 0.25) is 0 Å². The van der Waals surface area contributed by atoms with E-state index in [-0.39, 0.29) is 0 Å². The van der Waals surface area contributed by atoms with Gasteiger partial charge in [-0.05, 0) is 36.6 Å². The number of hydrogen-bond acceptors (Lipinski definition) is 4. The third-order valence-electron chi connectivity index (χ3n) is 2.42. The number of hydrogen-bond donors (Lipinski definition) is 3. The average Bonchev–Trinajstić information content (AvgIpc) is 2.36. The quantitative estimate of drug-likeness (QED) is 0.666. The van der Waals surface area contributed by atoms with Gasteiger partial charge in [-0.3, -0.25) is 5.41 Å². The normalized spacial score (nSPS) is 11.1. The van der Waals surface area contributed by atoms with Gasteiger partial charge in [-0.25, -0.2) is 4.79 Å². The first-order valence-corrected chi connectivity index (χ1v) is 5.43. The van der Waals surface area contributed by atoms with E-state index in [1.165, 1.54) is 6.08 Å². The Morgan fingerprint density at radius 3 is 2.56 bits per heavy atom. The van der Waals surface area contributed by atoms with Crippen molar-refractivity contribution in [3.05, 3.63) is 41.6 Å². The van der Waals surface area contributed by atoms with Crippen molar-refractivity contribution < 1.29 is 14.6 Å². The molecule has 0 saturated carbocycles. The maximum atomic E-state index is 10.4. The molecular formula is C13H16N2O3. The number of aryl methyl sites for hydroxylation is 1. The maximum absolute atomic E-state index is 10.4. The van der Waals surface area contributed by atoms with Gasteiger partial charge in [0.05, 0.1) is 7.11 Å². The summed E-state index contributed by atoms with van der Waals surface area (Å²) in [5.74, 6) is -0.489. The van der Waals surface area contributed by atoms with Crippen LogP contribution in [0.25, 0.3) is 0 Å². The molecule has 4 N–H and O–H groups in total. The minimum Gasteiger partial charge on any atom is -0.497 e. The molecule has 0 unspecified atom stereocenters. The van der Waals surface area contributed by atoms with Crippen LogP contribution in [0.15, 0.2) is 36.0 Å². The fourth-order valence-electron chi connectivity index (χ4n) is 1.40. The number of methoxy groups -OCH3 is 1. The third kappa shape index (κ3) is 4.29. The van der Waals surface area contributed by atoms with Gasteiger partial charge in [0, 0.05) is 5.70 Å². The summed E-state index contributed by atoms with van der Waals surface area (Å²) < 4.78 is 5.04. The maximum Gasteiger partial charge on any atom is 0.353 e. The van der Waals surface area contributed by atoms with Crippen LogP contribution in [0.3, 0.4) is 0 Å². The zero-order chi connectivity index (χ0) is 13.5. The molecule has 0 aliphatic rings. The van der Waals surface area contributed by atoms with E-state index in [9.17, 15) is 4.79 Å². The Kier molecular flexibility index (Phi) is 4.92. The van der Waals surface area contributed by atoms with Crippen molar-refractivity contribution in [1.82, 2.24) is 0 Å². The second-order valence-corrected chi connectivity index (χ2v) is 3.79. The van der Waals surface area contributed by atoms with Gasteiger partial charge in [-0.15, -0.1) is 0 Å². The molecule has 18 heavy (non-hydrogen) atoms. The number of carbonyl (C=O) groups is 1. The highest BCUT2D eigenvalue weighted by atomic mass is 16.5. The predicted molar refractivity (Wildman–Crippen MR) is 68.9 cm³/mol. The molecule has 0 aromatic heterocycles. The van der Waals surface area contributed by atoms with Crippen LogP contribution in [0.1, 0.15) is 12.0 Å². The Morgan fingerprint density at radius 1 is 1.44 bits per heavy atom. The second kappa shape index (κ2) is 6.44. The van der Waals surface area contributed by atoms with Gasteiger partial charge in [0.2, 0.25) is 0 Å². The van der Waals surface area contributed by atoms with Crippen molar-refractivity contribution in [2.45, 2.75) is 12.8 Å². The fourth-order valence-corrected chi connectivity index (χ4v) is 1.40. The van der Waals surface area contributed by atoms with Crippen molar-refractivity contribution in [3.8, 4) is 5.75 Å². The number of nitrogens with one attached hydrogen (secondary N) is 1. The summed E-state index contributed by atoms with van der Waals surface area (Å²) in [7, 11) is 1.60. The molecule has 5 heteroatoms. The zero-order valence-corrected chi connectivity index (χ0v) is 10.1. The van der Waals surface area contributed by atoms with Gasteiger partial charge in [0.15, 0.2) is 0 Å². The Morgan fingerprint density at radius 2 is 2.06 bits per heavy atom. The summed E-state index contributed by atoms with van der Waals surface area (Å²) in [6, 6.07) is 7.56. The van der Waals surface area contributed by atoms with E-state index < -0.39 is 11.7 Å². The number of ether oxygens (including phenoxy) is 1. The summed E-state index contributed by atoms with van der Waals surface area (Å²) in [5, 5.41) is 15.7. The van der Waals surface area contributed by atoms with Crippen molar-refractivity contribution in [2.24, 2.45) is 5.73 Å². The molecule has 0 saturated heterocycles. The van der Waals surface area contributed by atoms with E-state index in [0.29, 0.717) is 18.5 Å². The molecule has 0 spiro atoms. The van der Waals surface area contributed by atoms with Gasteiger partial charge in [-0.2, -0.15) is 0 Å². The van der Waals surface area contributed by atoms with Crippen molar-refractivity contribution in [3.63, 3.8) is 0 Å². The van der Waals surface area contributed by atoms with E-state index in [0.717, 1.165) is 11.3 Å². The average molecular weight is 248 g/mol. The zero-order valence-electron chi connectivity index (χ0n) is 10.1. The minimum atomic E-state index is -1.28. The van der Waals surface area contributed by atoms with Crippen LogP contribution in [0.4, 0.5) is 0 Å². The number of carboxylic acids is 1. The Labute approximate surface area is 105 Å². The van der Waals surface area contributed by atoms with E-state index in [4.69, 9.17) is 21.0 Å². The third-order valence-corrected chi connectivity index (χ3v) is 2.42. The highest BCUT2D eigenvalue weighted by Crippen LogP contribution is 2.13. The SMILES string of the molecule is COc1ccc(CC/C(N)=C/C(=N)C(=O)O)cc1. The minimum absolute atomic E-state index is 0.387. The number of benzene rings is 1. The van der Waals surface area contributed by atoms with E-state index >= 15 is 0 Å². The number of allylic oxidation sites excluding steroid dienone is 1. The lowest BCUT2D eigenvalue weighted by Crippen LogP contribution is -2.11. The van der Waals surface area contributed by atoms with E-state index in [1.54, 1.807) is 7.11 Å². The standard InChI is InChI=1S/C13H16N2O3/c1-18-11-6-3-9(4-7-11)2-5-10(14)8-12(15)13(16)17/h3-4,6-8,15H,2,5,14H2,1H3,(H,16,17)/b10-8-,15-12?. The lowest BCUT2D eigenvalue weighted by molar-refractivity contribution is -0.129. The molecule has 0 fully saturated rings. The molecular weight excluding hydrogens is 232 g/mol. The van der Waals surface area contributed by atoms with Gasteiger partial charge >= 0.3 is 5.97 Å². The Balaban J connectivity index is 2.54. The molecule has 0 aliphatic heterocycles. The first-order chi connectivity index (χ1) is 8.52. The molecule has 1 aromatic carbocycles. The number of rotatable bonds is 6. The molecule has 1 aromatic rings. The molecule has 0 atom stereocenters. The first kappa shape index (κ1) is 13.8. The lowest BCUT2D eigenvalue weighted by atomic mass is 10.1. The van der Waals surface area contributed by atoms with Crippen molar-refractivity contribution in [2.75, 3.05) is 7.11 Å². The van der Waals surface area contributed by atoms with Crippen LogP contribution in [0.5, 0.6) is 5.75 Å². The Bertz CT molecular complexity index is 464. The molecule has 0 bridgehead atoms. The van der Waals surface area contributed by atoms with Crippen LogP contribution >= 0.6 is 0 Å². The van der Waals surface area contributed by atoms with E-state index in [1.807, 2.05) is 24.3 Å².